The highest BCUT2D eigenvalue weighted by Crippen LogP contribution is 2.44. The van der Waals surface area contributed by atoms with Gasteiger partial charge in [-0.3, -0.25) is 86.3 Å². The standard InChI is InChI=1S/C70H96N2O45/c1-26(73)71-50-44(98-33(8)80)20-70(69(91)92-19,116-58(50)53(100-35(10)82)45(99-34(9)81)21-93-28(3)75)117-61-56(102-37(12)84)49(25-97-32(7)79)112-68(64(61)107-42(17)89)113-52-46(22-94-29(4)76)109-65(51(72-27(2)74)57(52)103-38(13)85)115-60-54(101-36(11)83)47(23-95-30(5)77)111-67(63(60)106-41(16)88)114-55-48(24-96-31(6)78)110-66(108-43(18)90)62(105-40(15)87)59(55)104-39(14)86/h44-68H,20-25H2,1-19H3,(H,71,73)(H,72,74)/t44-,45+,46+,47+,48+,49+,50+,51+,52+,53+,54-,55+,56-,57+,58+,59-,60-,61-,62+,63+,64+,65-,66?,67-,68-,70-/m0/s1. The molecule has 5 heterocycles. The minimum absolute atomic E-state index is 0.754. The lowest BCUT2D eigenvalue weighted by Crippen LogP contribution is -2.73. The Morgan fingerprint density at radius 3 is 1.05 bits per heavy atom. The molecule has 0 saturated carbocycles. The van der Waals surface area contributed by atoms with E-state index in [1.54, 1.807) is 0 Å². The van der Waals surface area contributed by atoms with Crippen LogP contribution in [0.3, 0.4) is 0 Å². The molecule has 47 heteroatoms. The van der Waals surface area contributed by atoms with Crippen molar-refractivity contribution in [2.24, 2.45) is 0 Å². The Bertz CT molecular complexity index is 3640. The number of hydrogen-bond donors (Lipinski definition) is 2. The first-order chi connectivity index (χ1) is 54.6. The van der Waals surface area contributed by atoms with Gasteiger partial charge >= 0.3 is 101 Å². The number of esters is 17. The Labute approximate surface area is 666 Å². The summed E-state index contributed by atoms with van der Waals surface area (Å²) in [6.07, 6.45) is -51.2. The van der Waals surface area contributed by atoms with E-state index >= 15 is 4.79 Å². The summed E-state index contributed by atoms with van der Waals surface area (Å²) in [6, 6.07) is -4.01. The molecule has 0 aromatic heterocycles. The average molecular weight is 1690 g/mol. The van der Waals surface area contributed by atoms with Gasteiger partial charge in [-0.15, -0.1) is 0 Å². The monoisotopic (exact) mass is 1680 g/mol. The lowest BCUT2D eigenvalue weighted by Gasteiger charge is -2.53. The predicted molar refractivity (Wildman–Crippen MR) is 364 cm³/mol. The van der Waals surface area contributed by atoms with E-state index in [4.69, 9.17) is 123 Å². The topological polar surface area (TPSA) is 588 Å². The zero-order valence-electron chi connectivity index (χ0n) is 67.0. The smallest absolute Gasteiger partial charge is 0.366 e. The second-order valence-corrected chi connectivity index (χ2v) is 26.6. The van der Waals surface area contributed by atoms with Crippen molar-refractivity contribution in [1.82, 2.24) is 10.6 Å². The third-order valence-corrected chi connectivity index (χ3v) is 16.7. The van der Waals surface area contributed by atoms with Crippen molar-refractivity contribution in [2.45, 2.75) is 290 Å². The van der Waals surface area contributed by atoms with Crippen LogP contribution in [0.5, 0.6) is 0 Å². The molecule has 2 amide bonds. The summed E-state index contributed by atoms with van der Waals surface area (Å²) in [5.74, 6) is -25.3. The molecule has 0 aliphatic carbocycles. The number of rotatable bonds is 34. The summed E-state index contributed by atoms with van der Waals surface area (Å²) in [6.45, 7) is 10.9. The van der Waals surface area contributed by atoms with Gasteiger partial charge in [-0.05, 0) is 0 Å². The van der Waals surface area contributed by atoms with Gasteiger partial charge < -0.3 is 134 Å². The molecular formula is C70H96N2O45. The Morgan fingerprint density at radius 2 is 0.658 bits per heavy atom. The van der Waals surface area contributed by atoms with E-state index < -0.39 is 312 Å². The maximum atomic E-state index is 15.2. The van der Waals surface area contributed by atoms with Crippen molar-refractivity contribution < 1.29 is 214 Å². The number of amides is 2. The van der Waals surface area contributed by atoms with E-state index in [1.165, 1.54) is 0 Å². The van der Waals surface area contributed by atoms with E-state index in [0.717, 1.165) is 132 Å². The van der Waals surface area contributed by atoms with Crippen LogP contribution in [0, 0.1) is 0 Å². The molecule has 26 atom stereocenters. The molecule has 0 spiro atoms. The molecule has 0 aromatic rings. The van der Waals surface area contributed by atoms with Crippen LogP contribution in [0.4, 0.5) is 0 Å². The van der Waals surface area contributed by atoms with Gasteiger partial charge in [0.1, 0.15) is 100 Å². The number of methoxy groups -OCH3 is 1. The highest BCUT2D eigenvalue weighted by atomic mass is 16.8. The zero-order valence-corrected chi connectivity index (χ0v) is 67.0. The highest BCUT2D eigenvalue weighted by Gasteiger charge is 2.66. The SMILES string of the molecule is COC(=O)[C@@]1(O[C@H]2[C@@H](OC(C)=O)[C@@H](COC(C)=O)O[C@@H](O[C@H]3[C@H](OC(C)=O)[C@@H](NC(C)=O)[C@H](O[C@H]4[C@@H](OC(C)=O)[C@@H](COC(C)=O)O[C@@H](O[C@H]5[C@H](OC(C)=O)[C@@H](OC(C)=O)C(OC(C)=O)O[C@@H]5COC(C)=O)[C@@H]4OC(C)=O)O[C@@H]3COC(C)=O)[C@@H]2OC(C)=O)C[C@H](OC(C)=O)[C@@H](NC(C)=O)[C@H]([C@H](OC(C)=O)[C@@H](COC(C)=O)OC(C)=O)O1. The molecule has 47 nitrogen and oxygen atoms in total. The minimum Gasteiger partial charge on any atom is -0.465 e. The number of nitrogens with one attached hydrogen (secondary N) is 2. The number of carbonyl (C=O) groups is 19. The van der Waals surface area contributed by atoms with Crippen molar-refractivity contribution in [3.8, 4) is 0 Å². The van der Waals surface area contributed by atoms with Crippen LogP contribution in [0.15, 0.2) is 0 Å². The molecule has 0 bridgehead atoms. The molecular weight excluding hydrogens is 1590 g/mol. The fraction of sp³-hybridized carbons (Fsp3) is 0.729. The van der Waals surface area contributed by atoms with Gasteiger partial charge in [0.2, 0.25) is 24.2 Å². The fourth-order valence-electron chi connectivity index (χ4n) is 13.0. The van der Waals surface area contributed by atoms with Gasteiger partial charge in [0.25, 0.3) is 5.79 Å². The first-order valence-electron chi connectivity index (χ1n) is 35.8. The Hall–Kier alpha value is -10.4. The first-order valence-corrected chi connectivity index (χ1v) is 35.8. The van der Waals surface area contributed by atoms with Gasteiger partial charge in [-0.1, -0.05) is 0 Å². The third kappa shape index (κ3) is 29.0. The predicted octanol–water partition coefficient (Wildman–Crippen LogP) is -3.21. The summed E-state index contributed by atoms with van der Waals surface area (Å²) < 4.78 is 154. The summed E-state index contributed by atoms with van der Waals surface area (Å²) in [5, 5.41) is 4.96. The van der Waals surface area contributed by atoms with E-state index in [2.05, 4.69) is 10.6 Å². The molecule has 5 rings (SSSR count). The lowest BCUT2D eigenvalue weighted by atomic mass is 9.87. The zero-order chi connectivity index (χ0) is 87.9. The Kier molecular flexibility index (Phi) is 36.7. The fourth-order valence-corrected chi connectivity index (χ4v) is 13.0. The Morgan fingerprint density at radius 1 is 0.325 bits per heavy atom. The molecule has 5 fully saturated rings. The van der Waals surface area contributed by atoms with Crippen LogP contribution in [-0.2, 0) is 214 Å². The van der Waals surface area contributed by atoms with Gasteiger partial charge in [0.15, 0.2) is 67.7 Å². The van der Waals surface area contributed by atoms with Crippen molar-refractivity contribution in [3.05, 3.63) is 0 Å². The van der Waals surface area contributed by atoms with Gasteiger partial charge in [0.05, 0.1) is 19.6 Å². The molecule has 5 aliphatic rings. The van der Waals surface area contributed by atoms with Gasteiger partial charge in [0, 0.05) is 125 Å². The first kappa shape index (κ1) is 97.1. The molecule has 117 heavy (non-hydrogen) atoms. The van der Waals surface area contributed by atoms with Crippen molar-refractivity contribution in [3.63, 3.8) is 0 Å². The Balaban J connectivity index is 1.88. The molecule has 1 unspecified atom stereocenters. The van der Waals surface area contributed by atoms with Crippen LogP contribution < -0.4 is 10.6 Å². The van der Waals surface area contributed by atoms with Gasteiger partial charge in [-0.2, -0.15) is 0 Å². The van der Waals surface area contributed by atoms with E-state index in [9.17, 15) is 86.3 Å². The van der Waals surface area contributed by atoms with Gasteiger partial charge in [-0.25, -0.2) is 4.79 Å². The van der Waals surface area contributed by atoms with Crippen LogP contribution in [0.1, 0.15) is 131 Å². The number of hydrogen-bond acceptors (Lipinski definition) is 45. The highest BCUT2D eigenvalue weighted by molar-refractivity contribution is 5.79. The van der Waals surface area contributed by atoms with Crippen LogP contribution in [0.2, 0.25) is 0 Å². The van der Waals surface area contributed by atoms with Crippen LogP contribution in [-0.4, -0.2) is 312 Å². The van der Waals surface area contributed by atoms with Crippen molar-refractivity contribution >= 4 is 113 Å². The minimum atomic E-state index is -3.35. The van der Waals surface area contributed by atoms with E-state index in [0.29, 0.717) is 0 Å². The maximum Gasteiger partial charge on any atom is 0.366 e. The quantitative estimate of drug-likeness (QED) is 0.0473. The average Bonchev–Trinajstić information content (AvgIpc) is 0.745. The molecule has 2 N–H and O–H groups in total. The van der Waals surface area contributed by atoms with Crippen molar-refractivity contribution in [1.29, 1.82) is 0 Å². The summed E-state index contributed by atoms with van der Waals surface area (Å²) in [4.78, 5) is 253. The molecule has 5 saturated heterocycles. The van der Waals surface area contributed by atoms with Crippen molar-refractivity contribution in [2.75, 3.05) is 40.1 Å². The number of ether oxygens (including phenoxy) is 26. The molecule has 5 aliphatic heterocycles. The van der Waals surface area contributed by atoms with E-state index in [1.807, 2.05) is 0 Å². The molecule has 0 aromatic carbocycles. The normalized spacial score (nSPS) is 31.0. The molecule has 0 radical (unpaired) electrons. The summed E-state index contributed by atoms with van der Waals surface area (Å²) in [7, 11) is 0.754. The third-order valence-electron chi connectivity index (χ3n) is 16.7. The summed E-state index contributed by atoms with van der Waals surface area (Å²) in [5.41, 5.74) is 0. The summed E-state index contributed by atoms with van der Waals surface area (Å²) >= 11 is 0. The van der Waals surface area contributed by atoms with E-state index in [-0.39, 0.29) is 0 Å². The van der Waals surface area contributed by atoms with Crippen LogP contribution >= 0.6 is 0 Å². The second-order valence-electron chi connectivity index (χ2n) is 26.6. The van der Waals surface area contributed by atoms with Crippen LogP contribution in [0.25, 0.3) is 0 Å². The molecule has 656 valence electrons. The lowest BCUT2D eigenvalue weighted by molar-refractivity contribution is -0.390. The largest absolute Gasteiger partial charge is 0.465 e. The number of carbonyl (C=O) groups excluding carboxylic acids is 19. The maximum absolute atomic E-state index is 15.2. The second kappa shape index (κ2) is 44.2.